The minimum absolute atomic E-state index is 0.0416. The summed E-state index contributed by atoms with van der Waals surface area (Å²) < 4.78 is 0. The summed E-state index contributed by atoms with van der Waals surface area (Å²) >= 11 is 0. The summed E-state index contributed by atoms with van der Waals surface area (Å²) in [5.74, 6) is 7.28. The van der Waals surface area contributed by atoms with Gasteiger partial charge in [-0.3, -0.25) is 0 Å². The first-order chi connectivity index (χ1) is 14.0. The molecule has 5 aliphatic carbocycles. The molecule has 0 bridgehead atoms. The van der Waals surface area contributed by atoms with Crippen molar-refractivity contribution in [3.63, 3.8) is 0 Å². The minimum atomic E-state index is -0.0416. The second-order valence-corrected chi connectivity index (χ2v) is 12.2. The Kier molecular flexibility index (Phi) is 5.82. The number of fused-ring (bicyclic) bond motifs is 3. The minimum Gasteiger partial charge on any atom is -0.393 e. The van der Waals surface area contributed by atoms with Crippen LogP contribution < -0.4 is 0 Å². The van der Waals surface area contributed by atoms with E-state index >= 15 is 0 Å². The summed E-state index contributed by atoms with van der Waals surface area (Å²) in [4.78, 5) is 0. The average Bonchev–Trinajstić information content (AvgIpc) is 3.03. The van der Waals surface area contributed by atoms with E-state index in [1.807, 2.05) is 0 Å². The lowest BCUT2D eigenvalue weighted by molar-refractivity contribution is -0.0965. The highest BCUT2D eigenvalue weighted by Crippen LogP contribution is 2.73. The molecule has 2 N–H and O–H groups in total. The van der Waals surface area contributed by atoms with E-state index in [-0.39, 0.29) is 12.2 Å². The fourth-order valence-electron chi connectivity index (χ4n) is 10.3. The lowest BCUT2D eigenvalue weighted by Crippen LogP contribution is -2.51. The molecule has 0 amide bonds. The van der Waals surface area contributed by atoms with Crippen LogP contribution in [-0.2, 0) is 0 Å². The zero-order valence-corrected chi connectivity index (χ0v) is 19.1. The van der Waals surface area contributed by atoms with Crippen LogP contribution in [0.4, 0.5) is 0 Å². The maximum absolute atomic E-state index is 10.3. The third-order valence-corrected chi connectivity index (χ3v) is 11.1. The van der Waals surface area contributed by atoms with E-state index < -0.39 is 0 Å². The van der Waals surface area contributed by atoms with Gasteiger partial charge in [-0.05, 0) is 117 Å². The van der Waals surface area contributed by atoms with Crippen molar-refractivity contribution in [1.82, 2.24) is 0 Å². The van der Waals surface area contributed by atoms with Crippen molar-refractivity contribution in [3.05, 3.63) is 0 Å². The standard InChI is InChI=1S/C27H46O2/c1-17-5-3-7-23-25(17)26-18(2)6-4-8-24(26)27(23,19-9-13-21(28)14-10-19)20-11-15-22(29)16-12-20/h17-26,28-29H,3-16H2,1-2H3. The molecule has 6 atom stereocenters. The Morgan fingerprint density at radius 3 is 1.28 bits per heavy atom. The first-order valence-electron chi connectivity index (χ1n) is 13.4. The van der Waals surface area contributed by atoms with Crippen LogP contribution in [0.1, 0.15) is 104 Å². The summed E-state index contributed by atoms with van der Waals surface area (Å²) in [6, 6.07) is 0. The Morgan fingerprint density at radius 2 is 0.897 bits per heavy atom. The van der Waals surface area contributed by atoms with E-state index in [1.54, 1.807) is 0 Å². The molecule has 2 heteroatoms. The second-order valence-electron chi connectivity index (χ2n) is 12.2. The van der Waals surface area contributed by atoms with E-state index in [4.69, 9.17) is 0 Å². The SMILES string of the molecule is CC1CCCC2C1C1C(C)CCCC1C2(C1CCC(O)CC1)C1CCC(O)CC1. The molecule has 6 unspecified atom stereocenters. The average molecular weight is 403 g/mol. The van der Waals surface area contributed by atoms with E-state index in [0.29, 0.717) is 5.41 Å². The zero-order chi connectivity index (χ0) is 20.2. The lowest BCUT2D eigenvalue weighted by Gasteiger charge is -2.57. The van der Waals surface area contributed by atoms with Crippen LogP contribution in [0.3, 0.4) is 0 Å². The molecule has 2 nitrogen and oxygen atoms in total. The quantitative estimate of drug-likeness (QED) is 0.578. The zero-order valence-electron chi connectivity index (χ0n) is 19.1. The van der Waals surface area contributed by atoms with Crippen LogP contribution in [-0.4, -0.2) is 22.4 Å². The first kappa shape index (κ1) is 20.8. The monoisotopic (exact) mass is 402 g/mol. The van der Waals surface area contributed by atoms with Crippen molar-refractivity contribution < 1.29 is 10.2 Å². The Labute approximate surface area is 179 Å². The van der Waals surface area contributed by atoms with Gasteiger partial charge < -0.3 is 10.2 Å². The van der Waals surface area contributed by atoms with Crippen molar-refractivity contribution in [2.75, 3.05) is 0 Å². The normalized spacial score (nSPS) is 55.9. The molecule has 166 valence electrons. The molecule has 0 aromatic heterocycles. The molecule has 0 heterocycles. The molecular weight excluding hydrogens is 356 g/mol. The fourth-order valence-corrected chi connectivity index (χ4v) is 10.3. The van der Waals surface area contributed by atoms with Gasteiger partial charge in [-0.2, -0.15) is 0 Å². The molecule has 5 rings (SSSR count). The smallest absolute Gasteiger partial charge is 0.0540 e. The summed E-state index contributed by atoms with van der Waals surface area (Å²) in [6.07, 6.45) is 18.0. The molecule has 5 fully saturated rings. The molecular formula is C27H46O2. The predicted octanol–water partition coefficient (Wildman–Crippen LogP) is 6.19. The molecule has 0 spiro atoms. The van der Waals surface area contributed by atoms with Crippen molar-refractivity contribution >= 4 is 0 Å². The topological polar surface area (TPSA) is 40.5 Å². The summed E-state index contributed by atoms with van der Waals surface area (Å²) in [7, 11) is 0. The molecule has 0 radical (unpaired) electrons. The summed E-state index contributed by atoms with van der Waals surface area (Å²) in [6.45, 7) is 5.20. The molecule has 0 aliphatic heterocycles. The number of aliphatic hydroxyl groups excluding tert-OH is 2. The molecule has 5 saturated carbocycles. The maximum atomic E-state index is 10.3. The van der Waals surface area contributed by atoms with Gasteiger partial charge in [0.05, 0.1) is 12.2 Å². The third kappa shape index (κ3) is 3.25. The Balaban J connectivity index is 1.59. The van der Waals surface area contributed by atoms with E-state index in [1.165, 1.54) is 64.2 Å². The van der Waals surface area contributed by atoms with Gasteiger partial charge in [0, 0.05) is 0 Å². The highest BCUT2D eigenvalue weighted by atomic mass is 16.3. The lowest BCUT2D eigenvalue weighted by atomic mass is 9.48. The second kappa shape index (κ2) is 8.12. The van der Waals surface area contributed by atoms with Crippen LogP contribution in [0.15, 0.2) is 0 Å². The molecule has 0 saturated heterocycles. The van der Waals surface area contributed by atoms with Gasteiger partial charge in [0.2, 0.25) is 0 Å². The maximum Gasteiger partial charge on any atom is 0.0540 e. The van der Waals surface area contributed by atoms with Crippen LogP contribution in [0.2, 0.25) is 0 Å². The van der Waals surface area contributed by atoms with E-state index in [2.05, 4.69) is 13.8 Å². The first-order valence-corrected chi connectivity index (χ1v) is 13.4. The van der Waals surface area contributed by atoms with Crippen LogP contribution in [0, 0.1) is 52.8 Å². The van der Waals surface area contributed by atoms with Crippen LogP contribution >= 0.6 is 0 Å². The van der Waals surface area contributed by atoms with Crippen molar-refractivity contribution in [1.29, 1.82) is 0 Å². The summed E-state index contributed by atoms with van der Waals surface area (Å²) in [5, 5.41) is 20.6. The molecule has 29 heavy (non-hydrogen) atoms. The molecule has 0 aromatic rings. The van der Waals surface area contributed by atoms with Crippen molar-refractivity contribution in [2.24, 2.45) is 52.8 Å². The number of aliphatic hydroxyl groups is 2. The van der Waals surface area contributed by atoms with Crippen molar-refractivity contribution in [3.8, 4) is 0 Å². The van der Waals surface area contributed by atoms with Gasteiger partial charge in [0.15, 0.2) is 0 Å². The Morgan fingerprint density at radius 1 is 0.517 bits per heavy atom. The van der Waals surface area contributed by atoms with Crippen LogP contribution in [0.25, 0.3) is 0 Å². The number of hydrogen-bond acceptors (Lipinski definition) is 2. The fraction of sp³-hybridized carbons (Fsp3) is 1.00. The van der Waals surface area contributed by atoms with E-state index in [0.717, 1.165) is 73.0 Å². The third-order valence-electron chi connectivity index (χ3n) is 11.1. The van der Waals surface area contributed by atoms with Gasteiger partial charge >= 0.3 is 0 Å². The van der Waals surface area contributed by atoms with Gasteiger partial charge in [-0.25, -0.2) is 0 Å². The van der Waals surface area contributed by atoms with Gasteiger partial charge in [0.25, 0.3) is 0 Å². The van der Waals surface area contributed by atoms with Crippen molar-refractivity contribution in [2.45, 2.75) is 116 Å². The van der Waals surface area contributed by atoms with E-state index in [9.17, 15) is 10.2 Å². The summed E-state index contributed by atoms with van der Waals surface area (Å²) in [5.41, 5.74) is 0.527. The number of rotatable bonds is 2. The molecule has 0 aromatic carbocycles. The molecule has 5 aliphatic rings. The number of hydrogen-bond donors (Lipinski definition) is 2. The predicted molar refractivity (Wildman–Crippen MR) is 118 cm³/mol. The highest BCUT2D eigenvalue weighted by molar-refractivity contribution is 5.15. The Bertz CT molecular complexity index is 507. The van der Waals surface area contributed by atoms with Gasteiger partial charge in [0.1, 0.15) is 0 Å². The van der Waals surface area contributed by atoms with Gasteiger partial charge in [-0.1, -0.05) is 39.5 Å². The highest BCUT2D eigenvalue weighted by Gasteiger charge is 2.67. The largest absolute Gasteiger partial charge is 0.393 e. The van der Waals surface area contributed by atoms with Crippen LogP contribution in [0.5, 0.6) is 0 Å². The Hall–Kier alpha value is -0.0800. The van der Waals surface area contributed by atoms with Gasteiger partial charge in [-0.15, -0.1) is 0 Å².